The van der Waals surface area contributed by atoms with Gasteiger partial charge in [-0.15, -0.1) is 0 Å². The molecule has 0 aliphatic rings. The first-order chi connectivity index (χ1) is 9.37. The van der Waals surface area contributed by atoms with Gasteiger partial charge in [0.25, 0.3) is 0 Å². The van der Waals surface area contributed by atoms with Crippen molar-refractivity contribution in [2.45, 2.75) is 52.6 Å². The van der Waals surface area contributed by atoms with Crippen LogP contribution in [0.25, 0.3) is 11.3 Å². The number of nitrogens with one attached hydrogen (secondary N) is 2. The maximum Gasteiger partial charge on any atom is 0.121 e. The van der Waals surface area contributed by atoms with Crippen LogP contribution in [0.2, 0.25) is 0 Å². The lowest BCUT2D eigenvalue weighted by molar-refractivity contribution is 0.418. The number of H-pyrrole nitrogens is 1. The maximum absolute atomic E-state index is 4.79. The minimum atomic E-state index is 0.0949. The summed E-state index contributed by atoms with van der Waals surface area (Å²) in [5.74, 6) is 1.43. The third kappa shape index (κ3) is 3.70. The molecule has 3 heteroatoms. The Bertz CT molecular complexity index is 547. The Morgan fingerprint density at radius 2 is 1.80 bits per heavy atom. The molecule has 0 bridgehead atoms. The molecule has 0 aliphatic carbocycles. The van der Waals surface area contributed by atoms with E-state index in [9.17, 15) is 0 Å². The summed E-state index contributed by atoms with van der Waals surface area (Å²) in [6.07, 6.45) is 0. The molecule has 20 heavy (non-hydrogen) atoms. The second kappa shape index (κ2) is 5.80. The SMILES string of the molecule is CC(C)c1[nH]c(CNC(C)(C)C)nc1-c1ccccc1. The third-order valence-corrected chi connectivity index (χ3v) is 3.19. The Labute approximate surface area is 121 Å². The van der Waals surface area contributed by atoms with Gasteiger partial charge in [-0.25, -0.2) is 4.98 Å². The number of imidazole rings is 1. The van der Waals surface area contributed by atoms with Gasteiger partial charge in [0.1, 0.15) is 5.82 Å². The summed E-state index contributed by atoms with van der Waals surface area (Å²) < 4.78 is 0. The van der Waals surface area contributed by atoms with Crippen molar-refractivity contribution >= 4 is 0 Å². The van der Waals surface area contributed by atoms with Crippen LogP contribution in [-0.4, -0.2) is 15.5 Å². The molecule has 0 radical (unpaired) electrons. The van der Waals surface area contributed by atoms with Crippen LogP contribution in [0.1, 0.15) is 52.1 Å². The van der Waals surface area contributed by atoms with E-state index >= 15 is 0 Å². The van der Waals surface area contributed by atoms with E-state index in [2.05, 4.69) is 69.2 Å². The summed E-state index contributed by atoms with van der Waals surface area (Å²) in [5, 5.41) is 3.48. The van der Waals surface area contributed by atoms with E-state index in [4.69, 9.17) is 4.98 Å². The molecule has 108 valence electrons. The number of rotatable bonds is 4. The molecule has 0 atom stereocenters. The Balaban J connectivity index is 2.30. The molecule has 2 N–H and O–H groups in total. The monoisotopic (exact) mass is 271 g/mol. The first-order valence-corrected chi connectivity index (χ1v) is 7.26. The lowest BCUT2D eigenvalue weighted by Crippen LogP contribution is -2.35. The highest BCUT2D eigenvalue weighted by molar-refractivity contribution is 5.62. The van der Waals surface area contributed by atoms with E-state index in [1.165, 1.54) is 11.3 Å². The zero-order valence-electron chi connectivity index (χ0n) is 13.1. The minimum absolute atomic E-state index is 0.0949. The van der Waals surface area contributed by atoms with Gasteiger partial charge in [-0.3, -0.25) is 0 Å². The second-order valence-corrected chi connectivity index (χ2v) is 6.57. The van der Waals surface area contributed by atoms with Crippen LogP contribution in [0.5, 0.6) is 0 Å². The lowest BCUT2D eigenvalue weighted by atomic mass is 10.0. The fourth-order valence-corrected chi connectivity index (χ4v) is 2.10. The van der Waals surface area contributed by atoms with Crippen molar-refractivity contribution in [1.29, 1.82) is 0 Å². The zero-order valence-corrected chi connectivity index (χ0v) is 13.1. The summed E-state index contributed by atoms with van der Waals surface area (Å²) >= 11 is 0. The van der Waals surface area contributed by atoms with Gasteiger partial charge in [0.2, 0.25) is 0 Å². The predicted octanol–water partition coefficient (Wildman–Crippen LogP) is 4.09. The number of nitrogens with zero attached hydrogens (tertiary/aromatic N) is 1. The van der Waals surface area contributed by atoms with Crippen LogP contribution >= 0.6 is 0 Å². The minimum Gasteiger partial charge on any atom is -0.344 e. The van der Waals surface area contributed by atoms with Crippen molar-refractivity contribution in [2.75, 3.05) is 0 Å². The fourth-order valence-electron chi connectivity index (χ4n) is 2.10. The van der Waals surface area contributed by atoms with Crippen LogP contribution in [0.4, 0.5) is 0 Å². The highest BCUT2D eigenvalue weighted by Gasteiger charge is 2.16. The average Bonchev–Trinajstić information content (AvgIpc) is 2.81. The Morgan fingerprint density at radius 3 is 2.35 bits per heavy atom. The average molecular weight is 271 g/mol. The van der Waals surface area contributed by atoms with Gasteiger partial charge < -0.3 is 10.3 Å². The van der Waals surface area contributed by atoms with Crippen molar-refractivity contribution in [3.8, 4) is 11.3 Å². The molecule has 0 saturated carbocycles. The van der Waals surface area contributed by atoms with Crippen LogP contribution in [0, 0.1) is 0 Å². The largest absolute Gasteiger partial charge is 0.344 e. The van der Waals surface area contributed by atoms with Gasteiger partial charge in [0, 0.05) is 16.8 Å². The molecule has 0 aliphatic heterocycles. The topological polar surface area (TPSA) is 40.7 Å². The predicted molar refractivity (Wildman–Crippen MR) is 84.7 cm³/mol. The Kier molecular flexibility index (Phi) is 4.29. The van der Waals surface area contributed by atoms with Gasteiger partial charge in [-0.1, -0.05) is 44.2 Å². The standard InChI is InChI=1S/C17H25N3/c1-12(2)15-16(13-9-7-6-8-10-13)20-14(19-15)11-18-17(3,4)5/h6-10,12,18H,11H2,1-5H3,(H,19,20). The van der Waals surface area contributed by atoms with E-state index in [1.54, 1.807) is 0 Å². The van der Waals surface area contributed by atoms with E-state index < -0.39 is 0 Å². The van der Waals surface area contributed by atoms with Gasteiger partial charge in [-0.2, -0.15) is 0 Å². The summed E-state index contributed by atoms with van der Waals surface area (Å²) in [6.45, 7) is 11.6. The molecule has 0 unspecified atom stereocenters. The van der Waals surface area contributed by atoms with Crippen LogP contribution in [-0.2, 0) is 6.54 Å². The highest BCUT2D eigenvalue weighted by Crippen LogP contribution is 2.27. The van der Waals surface area contributed by atoms with Crippen molar-refractivity contribution in [1.82, 2.24) is 15.3 Å². The third-order valence-electron chi connectivity index (χ3n) is 3.19. The molecule has 3 nitrogen and oxygen atoms in total. The number of hydrogen-bond acceptors (Lipinski definition) is 2. The number of hydrogen-bond donors (Lipinski definition) is 2. The number of aromatic amines is 1. The maximum atomic E-state index is 4.79. The summed E-state index contributed by atoms with van der Waals surface area (Å²) in [4.78, 5) is 8.27. The molecule has 0 spiro atoms. The first kappa shape index (κ1) is 14.8. The fraction of sp³-hybridized carbons (Fsp3) is 0.471. The van der Waals surface area contributed by atoms with E-state index in [0.29, 0.717) is 5.92 Å². The van der Waals surface area contributed by atoms with E-state index in [1.807, 2.05) is 6.07 Å². The quantitative estimate of drug-likeness (QED) is 0.879. The molecule has 2 aromatic rings. The van der Waals surface area contributed by atoms with Gasteiger partial charge in [-0.05, 0) is 26.7 Å². The van der Waals surface area contributed by atoms with Crippen molar-refractivity contribution in [3.63, 3.8) is 0 Å². The molecule has 2 rings (SSSR count). The smallest absolute Gasteiger partial charge is 0.121 e. The molecular weight excluding hydrogens is 246 g/mol. The Hall–Kier alpha value is -1.61. The van der Waals surface area contributed by atoms with Crippen LogP contribution in [0.15, 0.2) is 30.3 Å². The van der Waals surface area contributed by atoms with Gasteiger partial charge in [0.15, 0.2) is 0 Å². The Morgan fingerprint density at radius 1 is 1.15 bits per heavy atom. The van der Waals surface area contributed by atoms with E-state index in [0.717, 1.165) is 18.1 Å². The molecule has 1 aromatic carbocycles. The molecule has 0 amide bonds. The molecular formula is C17H25N3. The van der Waals surface area contributed by atoms with Crippen molar-refractivity contribution in [2.24, 2.45) is 0 Å². The summed E-state index contributed by atoms with van der Waals surface area (Å²) in [5.41, 5.74) is 3.56. The number of benzene rings is 1. The molecule has 0 saturated heterocycles. The van der Waals surface area contributed by atoms with Crippen molar-refractivity contribution < 1.29 is 0 Å². The molecule has 0 fully saturated rings. The number of aromatic nitrogens is 2. The highest BCUT2D eigenvalue weighted by atomic mass is 15.0. The first-order valence-electron chi connectivity index (χ1n) is 7.26. The summed E-state index contributed by atoms with van der Waals surface area (Å²) in [6, 6.07) is 10.4. The lowest BCUT2D eigenvalue weighted by Gasteiger charge is -2.19. The van der Waals surface area contributed by atoms with Gasteiger partial charge >= 0.3 is 0 Å². The summed E-state index contributed by atoms with van der Waals surface area (Å²) in [7, 11) is 0. The zero-order chi connectivity index (χ0) is 14.8. The van der Waals surface area contributed by atoms with E-state index in [-0.39, 0.29) is 5.54 Å². The second-order valence-electron chi connectivity index (χ2n) is 6.57. The van der Waals surface area contributed by atoms with Crippen LogP contribution in [0.3, 0.4) is 0 Å². The normalized spacial score (nSPS) is 12.1. The van der Waals surface area contributed by atoms with Crippen LogP contribution < -0.4 is 5.32 Å². The van der Waals surface area contributed by atoms with Gasteiger partial charge in [0.05, 0.1) is 12.2 Å². The molecule has 1 heterocycles. The van der Waals surface area contributed by atoms with Crippen molar-refractivity contribution in [3.05, 3.63) is 41.9 Å². The molecule has 1 aromatic heterocycles.